The molecule has 0 spiro atoms. The van der Waals surface area contributed by atoms with Crippen LogP contribution >= 0.6 is 0 Å². The molecule has 9 nitrogen and oxygen atoms in total. The van der Waals surface area contributed by atoms with E-state index in [9.17, 15) is 30.3 Å². The van der Waals surface area contributed by atoms with Crippen LogP contribution < -0.4 is 0 Å². The second-order valence-corrected chi connectivity index (χ2v) is 20.1. The first-order chi connectivity index (χ1) is 23.4. The van der Waals surface area contributed by atoms with Gasteiger partial charge >= 0.3 is 5.97 Å². The third kappa shape index (κ3) is 5.51. The number of hydrogen-bond donors (Lipinski definition) is 5. The predicted molar refractivity (Wildman–Crippen MR) is 187 cm³/mol. The fraction of sp³-hybridized carbons (Fsp3) is 0.976. The Kier molecular flexibility index (Phi) is 9.68. The van der Waals surface area contributed by atoms with E-state index in [-0.39, 0.29) is 0 Å². The molecule has 7 aliphatic rings. The van der Waals surface area contributed by atoms with E-state index >= 15 is 0 Å². The van der Waals surface area contributed by atoms with Gasteiger partial charge in [-0.2, -0.15) is 0 Å². The molecule has 286 valence electrons. The summed E-state index contributed by atoms with van der Waals surface area (Å²) >= 11 is 0. The van der Waals surface area contributed by atoms with Crippen molar-refractivity contribution < 1.29 is 44.5 Å². The van der Waals surface area contributed by atoms with Gasteiger partial charge in [0.2, 0.25) is 0 Å². The van der Waals surface area contributed by atoms with Crippen LogP contribution in [0, 0.1) is 62.6 Å². The summed E-state index contributed by atoms with van der Waals surface area (Å²) in [7, 11) is 0. The van der Waals surface area contributed by atoms with Crippen LogP contribution in [0.4, 0.5) is 0 Å². The van der Waals surface area contributed by atoms with E-state index in [2.05, 4.69) is 48.5 Å². The van der Waals surface area contributed by atoms with E-state index in [1.54, 1.807) is 0 Å². The molecule has 0 aromatic rings. The third-order valence-corrected chi connectivity index (χ3v) is 17.7. The number of fused-ring (bicyclic) bond motifs is 9. The van der Waals surface area contributed by atoms with Gasteiger partial charge in [-0.15, -0.1) is 0 Å². The van der Waals surface area contributed by atoms with Crippen molar-refractivity contribution in [1.29, 1.82) is 0 Å². The Morgan fingerprint density at radius 2 is 1.42 bits per heavy atom. The molecule has 5 N–H and O–H groups in total. The summed E-state index contributed by atoms with van der Waals surface area (Å²) < 4.78 is 15.8. The predicted octanol–water partition coefficient (Wildman–Crippen LogP) is 5.37. The quantitative estimate of drug-likeness (QED) is 0.200. The molecule has 18 unspecified atom stereocenters. The lowest BCUT2D eigenvalue weighted by atomic mass is 9.32. The molecule has 0 radical (unpaired) electrons. The SMILES string of the molecule is CC(CCC(O)C(O)C(O)COC1OC2C(=O)OC(C1O)C2O)C1CCC2(C)C1CCC1(C)C2CCC2C3(C)CCCC(C)(C)C3CCC21C. The Morgan fingerprint density at radius 3 is 2.12 bits per heavy atom. The number of hydrogen-bond acceptors (Lipinski definition) is 9. The van der Waals surface area contributed by atoms with Crippen LogP contribution in [-0.4, -0.2) is 87.1 Å². The molecule has 0 aromatic carbocycles. The fourth-order valence-corrected chi connectivity index (χ4v) is 14.9. The van der Waals surface area contributed by atoms with Crippen molar-refractivity contribution >= 4 is 5.97 Å². The van der Waals surface area contributed by atoms with Crippen molar-refractivity contribution in [3.05, 3.63) is 0 Å². The number of esters is 1. The minimum Gasteiger partial charge on any atom is -0.454 e. The van der Waals surface area contributed by atoms with E-state index in [1.807, 2.05) is 0 Å². The van der Waals surface area contributed by atoms with Crippen molar-refractivity contribution in [2.24, 2.45) is 62.6 Å². The minimum atomic E-state index is -1.44. The van der Waals surface area contributed by atoms with E-state index in [1.165, 1.54) is 70.6 Å². The second kappa shape index (κ2) is 12.9. The van der Waals surface area contributed by atoms with Crippen LogP contribution in [0.25, 0.3) is 0 Å². The van der Waals surface area contributed by atoms with Gasteiger partial charge in [-0.1, -0.05) is 54.9 Å². The first-order valence-corrected chi connectivity index (χ1v) is 20.3. The summed E-state index contributed by atoms with van der Waals surface area (Å²) in [6.07, 6.45) is 5.55. The molecule has 18 atom stereocenters. The number of carbonyl (C=O) groups excluding carboxylic acids is 1. The first kappa shape index (κ1) is 37.5. The number of rotatable bonds is 9. The second-order valence-electron chi connectivity index (χ2n) is 20.1. The van der Waals surface area contributed by atoms with Crippen molar-refractivity contribution in [3.8, 4) is 0 Å². The Morgan fingerprint density at radius 1 is 0.760 bits per heavy atom. The van der Waals surface area contributed by atoms with Gasteiger partial charge in [0, 0.05) is 0 Å². The molecule has 5 saturated carbocycles. The van der Waals surface area contributed by atoms with Crippen LogP contribution in [0.5, 0.6) is 0 Å². The molecule has 2 bridgehead atoms. The van der Waals surface area contributed by atoms with E-state index in [0.29, 0.717) is 51.2 Å². The fourth-order valence-electron chi connectivity index (χ4n) is 14.9. The lowest BCUT2D eigenvalue weighted by molar-refractivity contribution is -0.270. The smallest absolute Gasteiger partial charge is 0.338 e. The van der Waals surface area contributed by atoms with Gasteiger partial charge in [-0.25, -0.2) is 4.79 Å². The van der Waals surface area contributed by atoms with Gasteiger partial charge in [-0.05, 0) is 140 Å². The molecular weight excluding hydrogens is 636 g/mol. The van der Waals surface area contributed by atoms with Gasteiger partial charge < -0.3 is 39.7 Å². The lowest BCUT2D eigenvalue weighted by Crippen LogP contribution is -2.65. The monoisotopic (exact) mass is 704 g/mol. The zero-order valence-electron chi connectivity index (χ0n) is 31.9. The van der Waals surface area contributed by atoms with Crippen LogP contribution in [0.15, 0.2) is 0 Å². The van der Waals surface area contributed by atoms with Gasteiger partial charge in [0.05, 0.1) is 12.7 Å². The highest BCUT2D eigenvalue weighted by Crippen LogP contribution is 2.78. The standard InChI is InChI=1S/C41H68O9/c1-22(9-10-25(42)30(44)26(43)21-48-36-32(46)33-31(45)34(50-36)35(47)49-33)23-13-18-38(4)24(23)14-19-40(6)28(38)11-12-29-39(5)17-8-16-37(2,3)27(39)15-20-41(29,40)7/h22-34,36,42-46H,8-21H2,1-7H3. The van der Waals surface area contributed by atoms with Crippen molar-refractivity contribution in [3.63, 3.8) is 0 Å². The van der Waals surface area contributed by atoms with E-state index in [0.717, 1.165) is 24.2 Å². The number of aliphatic hydroxyl groups is 5. The Labute approximate surface area is 300 Å². The number of ether oxygens (including phenoxy) is 3. The molecular formula is C41H68O9. The highest BCUT2D eigenvalue weighted by Gasteiger charge is 2.70. The maximum atomic E-state index is 11.8. The highest BCUT2D eigenvalue weighted by molar-refractivity contribution is 5.78. The summed E-state index contributed by atoms with van der Waals surface area (Å²) in [4.78, 5) is 11.8. The van der Waals surface area contributed by atoms with Crippen LogP contribution in [0.2, 0.25) is 0 Å². The zero-order valence-corrected chi connectivity index (χ0v) is 31.9. The average Bonchev–Trinajstić information content (AvgIpc) is 3.50. The largest absolute Gasteiger partial charge is 0.454 e. The van der Waals surface area contributed by atoms with Crippen LogP contribution in [0.3, 0.4) is 0 Å². The van der Waals surface area contributed by atoms with Crippen molar-refractivity contribution in [2.45, 2.75) is 181 Å². The van der Waals surface area contributed by atoms with Crippen molar-refractivity contribution in [1.82, 2.24) is 0 Å². The molecule has 9 heteroatoms. The maximum absolute atomic E-state index is 11.8. The van der Waals surface area contributed by atoms with Gasteiger partial charge in [0.25, 0.3) is 0 Å². The first-order valence-electron chi connectivity index (χ1n) is 20.3. The highest BCUT2D eigenvalue weighted by atomic mass is 16.7. The molecule has 50 heavy (non-hydrogen) atoms. The summed E-state index contributed by atoms with van der Waals surface area (Å²) in [6.45, 7) is 17.8. The molecule has 2 aliphatic heterocycles. The Balaban J connectivity index is 0.947. The molecule has 7 rings (SSSR count). The molecule has 0 amide bonds. The maximum Gasteiger partial charge on any atom is 0.338 e. The molecule has 7 fully saturated rings. The minimum absolute atomic E-state index is 0.339. The van der Waals surface area contributed by atoms with E-state index in [4.69, 9.17) is 14.2 Å². The summed E-state index contributed by atoms with van der Waals surface area (Å²) in [5, 5.41) is 52.8. The number of aliphatic hydroxyl groups excluding tert-OH is 5. The normalized spacial score (nSPS) is 51.7. The third-order valence-electron chi connectivity index (χ3n) is 17.7. The van der Waals surface area contributed by atoms with E-state index < -0.39 is 61.6 Å². The van der Waals surface area contributed by atoms with Gasteiger partial charge in [-0.3, -0.25) is 0 Å². The van der Waals surface area contributed by atoms with Crippen LogP contribution in [-0.2, 0) is 19.0 Å². The summed E-state index contributed by atoms with van der Waals surface area (Å²) in [5.41, 5.74) is 2.02. The summed E-state index contributed by atoms with van der Waals surface area (Å²) in [6, 6.07) is 0. The van der Waals surface area contributed by atoms with Crippen molar-refractivity contribution in [2.75, 3.05) is 6.61 Å². The molecule has 0 aromatic heterocycles. The average molecular weight is 705 g/mol. The Hall–Kier alpha value is -0.810. The van der Waals surface area contributed by atoms with Gasteiger partial charge in [0.1, 0.15) is 24.4 Å². The number of carbonyl (C=O) groups is 1. The lowest BCUT2D eigenvalue weighted by Gasteiger charge is -2.73. The van der Waals surface area contributed by atoms with Crippen LogP contribution in [0.1, 0.15) is 132 Å². The zero-order chi connectivity index (χ0) is 36.2. The molecule has 5 aliphatic carbocycles. The molecule has 2 heterocycles. The summed E-state index contributed by atoms with van der Waals surface area (Å²) in [5.74, 6) is 3.33. The van der Waals surface area contributed by atoms with Gasteiger partial charge in [0.15, 0.2) is 18.5 Å². The molecule has 2 saturated heterocycles. The Bertz CT molecular complexity index is 1270. The topological polar surface area (TPSA) is 146 Å².